The van der Waals surface area contributed by atoms with Crippen molar-refractivity contribution in [2.75, 3.05) is 0 Å². The van der Waals surface area contributed by atoms with E-state index in [1.165, 1.54) is 0 Å². The van der Waals surface area contributed by atoms with Crippen molar-refractivity contribution in [1.82, 2.24) is 15.2 Å². The second-order valence-corrected chi connectivity index (χ2v) is 3.53. The normalized spacial score (nSPS) is 10.4. The summed E-state index contributed by atoms with van der Waals surface area (Å²) >= 11 is 0. The van der Waals surface area contributed by atoms with Crippen molar-refractivity contribution in [3.63, 3.8) is 0 Å². The van der Waals surface area contributed by atoms with Crippen LogP contribution in [0.3, 0.4) is 0 Å². The van der Waals surface area contributed by atoms with Crippen LogP contribution in [0.15, 0.2) is 59.4 Å². The van der Waals surface area contributed by atoms with Gasteiger partial charge in [0.2, 0.25) is 5.89 Å². The fourth-order valence-corrected chi connectivity index (χ4v) is 1.56. The number of rotatable bonds is 2. The molecule has 0 radical (unpaired) electrons. The second kappa shape index (κ2) is 4.17. The molecule has 0 aliphatic carbocycles. The summed E-state index contributed by atoms with van der Waals surface area (Å²) in [6, 6.07) is 11.7. The zero-order chi connectivity index (χ0) is 11.5. The average Bonchev–Trinajstić information content (AvgIpc) is 2.90. The van der Waals surface area contributed by atoms with E-state index in [2.05, 4.69) is 15.2 Å². The molecule has 0 bridgehead atoms. The Morgan fingerprint density at radius 1 is 0.824 bits per heavy atom. The number of nitrogens with zero attached hydrogens (tertiary/aromatic N) is 3. The fraction of sp³-hybridized carbons (Fsp3) is 0. The van der Waals surface area contributed by atoms with Gasteiger partial charge in [0, 0.05) is 5.56 Å². The van der Waals surface area contributed by atoms with Gasteiger partial charge in [-0.1, -0.05) is 30.3 Å². The molecule has 3 aromatic rings. The Kier molecular flexibility index (Phi) is 2.38. The predicted molar refractivity (Wildman–Crippen MR) is 63.0 cm³/mol. The number of benzene rings is 1. The van der Waals surface area contributed by atoms with Crippen LogP contribution in [0.5, 0.6) is 0 Å². The van der Waals surface area contributed by atoms with Gasteiger partial charge in [-0.2, -0.15) is 10.2 Å². The lowest BCUT2D eigenvalue weighted by Crippen LogP contribution is -1.81. The monoisotopic (exact) mass is 223 g/mol. The van der Waals surface area contributed by atoms with Gasteiger partial charge in [-0.05, 0) is 6.07 Å². The van der Waals surface area contributed by atoms with E-state index in [0.29, 0.717) is 5.89 Å². The van der Waals surface area contributed by atoms with Crippen LogP contribution in [-0.4, -0.2) is 15.2 Å². The zero-order valence-corrected chi connectivity index (χ0v) is 8.95. The van der Waals surface area contributed by atoms with Crippen LogP contribution in [0.1, 0.15) is 0 Å². The molecule has 4 heteroatoms. The van der Waals surface area contributed by atoms with Crippen molar-refractivity contribution < 1.29 is 4.42 Å². The van der Waals surface area contributed by atoms with Crippen LogP contribution in [0.2, 0.25) is 0 Å². The van der Waals surface area contributed by atoms with Gasteiger partial charge in [0.15, 0.2) is 5.76 Å². The molecule has 0 aliphatic heterocycles. The van der Waals surface area contributed by atoms with Gasteiger partial charge >= 0.3 is 0 Å². The summed E-state index contributed by atoms with van der Waals surface area (Å²) in [5.74, 6) is 1.30. The van der Waals surface area contributed by atoms with Gasteiger partial charge in [0.05, 0.1) is 24.2 Å². The molecule has 82 valence electrons. The molecule has 0 N–H and O–H groups in total. The quantitative estimate of drug-likeness (QED) is 0.670. The molecule has 0 aliphatic rings. The third-order valence-corrected chi connectivity index (χ3v) is 2.40. The lowest BCUT2D eigenvalue weighted by atomic mass is 10.2. The molecule has 0 atom stereocenters. The minimum absolute atomic E-state index is 0.554. The molecule has 0 amide bonds. The van der Waals surface area contributed by atoms with E-state index in [-0.39, 0.29) is 0 Å². The first-order valence-electron chi connectivity index (χ1n) is 5.22. The van der Waals surface area contributed by atoms with Gasteiger partial charge in [-0.3, -0.25) is 0 Å². The van der Waals surface area contributed by atoms with Gasteiger partial charge in [-0.25, -0.2) is 4.98 Å². The van der Waals surface area contributed by atoms with Crippen molar-refractivity contribution in [3.05, 3.63) is 55.0 Å². The summed E-state index contributed by atoms with van der Waals surface area (Å²) in [6.07, 6.45) is 4.95. The van der Waals surface area contributed by atoms with Gasteiger partial charge in [0.1, 0.15) is 0 Å². The van der Waals surface area contributed by atoms with Crippen molar-refractivity contribution in [2.24, 2.45) is 0 Å². The Morgan fingerprint density at radius 2 is 1.71 bits per heavy atom. The molecule has 2 aromatic heterocycles. The maximum Gasteiger partial charge on any atom is 0.228 e. The summed E-state index contributed by atoms with van der Waals surface area (Å²) in [5.41, 5.74) is 1.83. The third kappa shape index (κ3) is 1.92. The highest BCUT2D eigenvalue weighted by molar-refractivity contribution is 5.60. The summed E-state index contributed by atoms with van der Waals surface area (Å²) in [5, 5.41) is 7.51. The lowest BCUT2D eigenvalue weighted by molar-refractivity contribution is 0.588. The Balaban J connectivity index is 1.99. The first kappa shape index (κ1) is 9.72. The smallest absolute Gasteiger partial charge is 0.228 e. The summed E-state index contributed by atoms with van der Waals surface area (Å²) in [6.45, 7) is 0. The van der Waals surface area contributed by atoms with Gasteiger partial charge < -0.3 is 4.42 Å². The minimum Gasteiger partial charge on any atom is -0.436 e. The second-order valence-electron chi connectivity index (χ2n) is 3.53. The summed E-state index contributed by atoms with van der Waals surface area (Å²) < 4.78 is 5.68. The standard InChI is InChI=1S/C13H9N3O/c1-2-4-10(5-3-1)12-9-14-13(17-12)11-6-7-15-16-8-11/h1-9H. The zero-order valence-electron chi connectivity index (χ0n) is 8.95. The van der Waals surface area contributed by atoms with Crippen LogP contribution >= 0.6 is 0 Å². The highest BCUT2D eigenvalue weighted by Crippen LogP contribution is 2.24. The molecular weight excluding hydrogens is 214 g/mol. The summed E-state index contributed by atoms with van der Waals surface area (Å²) in [4.78, 5) is 4.23. The molecule has 0 unspecified atom stereocenters. The van der Waals surface area contributed by atoms with E-state index >= 15 is 0 Å². The topological polar surface area (TPSA) is 51.8 Å². The number of hydrogen-bond acceptors (Lipinski definition) is 4. The van der Waals surface area contributed by atoms with Gasteiger partial charge in [-0.15, -0.1) is 0 Å². The van der Waals surface area contributed by atoms with E-state index in [1.807, 2.05) is 36.4 Å². The van der Waals surface area contributed by atoms with Crippen LogP contribution in [0.4, 0.5) is 0 Å². The van der Waals surface area contributed by atoms with Crippen LogP contribution < -0.4 is 0 Å². The van der Waals surface area contributed by atoms with Crippen LogP contribution in [0, 0.1) is 0 Å². The van der Waals surface area contributed by atoms with Crippen LogP contribution in [-0.2, 0) is 0 Å². The van der Waals surface area contributed by atoms with Crippen molar-refractivity contribution in [2.45, 2.75) is 0 Å². The van der Waals surface area contributed by atoms with Gasteiger partial charge in [0.25, 0.3) is 0 Å². The van der Waals surface area contributed by atoms with E-state index in [9.17, 15) is 0 Å². The Morgan fingerprint density at radius 3 is 2.47 bits per heavy atom. The van der Waals surface area contributed by atoms with Crippen molar-refractivity contribution >= 4 is 0 Å². The molecule has 17 heavy (non-hydrogen) atoms. The molecule has 4 nitrogen and oxygen atoms in total. The molecule has 0 fully saturated rings. The molecule has 0 saturated carbocycles. The molecule has 3 rings (SSSR count). The average molecular weight is 223 g/mol. The van der Waals surface area contributed by atoms with E-state index in [1.54, 1.807) is 18.6 Å². The van der Waals surface area contributed by atoms with E-state index in [4.69, 9.17) is 4.42 Å². The maximum atomic E-state index is 5.68. The van der Waals surface area contributed by atoms with E-state index in [0.717, 1.165) is 16.9 Å². The molecule has 2 heterocycles. The fourth-order valence-electron chi connectivity index (χ4n) is 1.56. The number of aromatic nitrogens is 3. The highest BCUT2D eigenvalue weighted by Gasteiger charge is 2.07. The molecular formula is C13H9N3O. The predicted octanol–water partition coefficient (Wildman–Crippen LogP) is 2.80. The number of oxazole rings is 1. The Bertz CT molecular complexity index is 551. The number of hydrogen-bond donors (Lipinski definition) is 0. The van der Waals surface area contributed by atoms with Crippen LogP contribution in [0.25, 0.3) is 22.8 Å². The Hall–Kier alpha value is -2.49. The SMILES string of the molecule is c1ccc(-c2cnc(-c3ccnnc3)o2)cc1. The Labute approximate surface area is 98.0 Å². The van der Waals surface area contributed by atoms with Crippen molar-refractivity contribution in [3.8, 4) is 22.8 Å². The lowest BCUT2D eigenvalue weighted by Gasteiger charge is -1.94. The third-order valence-electron chi connectivity index (χ3n) is 2.40. The largest absolute Gasteiger partial charge is 0.436 e. The molecule has 0 saturated heterocycles. The first-order chi connectivity index (χ1) is 8.43. The maximum absolute atomic E-state index is 5.68. The first-order valence-corrected chi connectivity index (χ1v) is 5.22. The van der Waals surface area contributed by atoms with Crippen molar-refractivity contribution in [1.29, 1.82) is 0 Å². The minimum atomic E-state index is 0.554. The molecule has 1 aromatic carbocycles. The van der Waals surface area contributed by atoms with E-state index < -0.39 is 0 Å². The molecule has 0 spiro atoms. The summed E-state index contributed by atoms with van der Waals surface area (Å²) in [7, 11) is 0. The highest BCUT2D eigenvalue weighted by atomic mass is 16.4.